The zero-order chi connectivity index (χ0) is 18.9. The average molecular weight is 418 g/mol. The summed E-state index contributed by atoms with van der Waals surface area (Å²) in [5.74, 6) is -0.246. The van der Waals surface area contributed by atoms with E-state index in [4.69, 9.17) is 9.47 Å². The van der Waals surface area contributed by atoms with Gasteiger partial charge in [-0.05, 0) is 48.4 Å². The molecule has 1 amide bonds. The van der Waals surface area contributed by atoms with Crippen molar-refractivity contribution in [2.24, 2.45) is 0 Å². The van der Waals surface area contributed by atoms with E-state index in [-0.39, 0.29) is 18.6 Å². The van der Waals surface area contributed by atoms with Crippen LogP contribution in [-0.4, -0.2) is 25.6 Å². The van der Waals surface area contributed by atoms with Gasteiger partial charge >= 0.3 is 5.97 Å². The zero-order valence-corrected chi connectivity index (χ0v) is 16.2. The molecule has 26 heavy (non-hydrogen) atoms. The molecule has 0 fully saturated rings. The first kappa shape index (κ1) is 19.7. The van der Waals surface area contributed by atoms with Gasteiger partial charge in [-0.1, -0.05) is 40.2 Å². The lowest BCUT2D eigenvalue weighted by atomic mass is 10.1. The SMILES string of the molecule is COc1cccc(/C=C/C(=O)OCC(=O)NC(C)c2ccc(Br)cc2)c1. The normalized spacial score (nSPS) is 11.8. The Kier molecular flexibility index (Phi) is 7.41. The van der Waals surface area contributed by atoms with E-state index >= 15 is 0 Å². The highest BCUT2D eigenvalue weighted by Crippen LogP contribution is 2.16. The molecule has 0 aromatic heterocycles. The molecule has 6 heteroatoms. The number of esters is 1. The predicted octanol–water partition coefficient (Wildman–Crippen LogP) is 3.89. The molecular formula is C20H20BrNO4. The second-order valence-electron chi connectivity index (χ2n) is 5.56. The summed E-state index contributed by atoms with van der Waals surface area (Å²) < 4.78 is 11.0. The van der Waals surface area contributed by atoms with E-state index in [1.807, 2.05) is 49.4 Å². The Bertz CT molecular complexity index is 787. The molecule has 0 aliphatic carbocycles. The van der Waals surface area contributed by atoms with Gasteiger partial charge < -0.3 is 14.8 Å². The fourth-order valence-corrected chi connectivity index (χ4v) is 2.48. The molecule has 0 saturated heterocycles. The molecule has 0 aliphatic heterocycles. The highest BCUT2D eigenvalue weighted by atomic mass is 79.9. The molecule has 2 aromatic rings. The van der Waals surface area contributed by atoms with Crippen LogP contribution >= 0.6 is 15.9 Å². The molecule has 0 radical (unpaired) electrons. The number of benzene rings is 2. The van der Waals surface area contributed by atoms with Gasteiger partial charge in [-0.15, -0.1) is 0 Å². The zero-order valence-electron chi connectivity index (χ0n) is 14.6. The summed E-state index contributed by atoms with van der Waals surface area (Å²) >= 11 is 3.37. The third-order valence-electron chi connectivity index (χ3n) is 3.60. The number of halogens is 1. The van der Waals surface area contributed by atoms with Crippen molar-refractivity contribution >= 4 is 33.9 Å². The Balaban J connectivity index is 1.79. The maximum absolute atomic E-state index is 11.9. The fraction of sp³-hybridized carbons (Fsp3) is 0.200. The van der Waals surface area contributed by atoms with Crippen LogP contribution in [0.5, 0.6) is 5.75 Å². The summed E-state index contributed by atoms with van der Waals surface area (Å²) in [6, 6.07) is 14.7. The molecule has 0 heterocycles. The lowest BCUT2D eigenvalue weighted by molar-refractivity contribution is -0.144. The first-order valence-electron chi connectivity index (χ1n) is 8.01. The summed E-state index contributed by atoms with van der Waals surface area (Å²) in [4.78, 5) is 23.7. The maximum Gasteiger partial charge on any atom is 0.331 e. The van der Waals surface area contributed by atoms with Crippen LogP contribution < -0.4 is 10.1 Å². The van der Waals surface area contributed by atoms with E-state index < -0.39 is 5.97 Å². The number of carbonyl (C=O) groups is 2. The van der Waals surface area contributed by atoms with Crippen molar-refractivity contribution < 1.29 is 19.1 Å². The quantitative estimate of drug-likeness (QED) is 0.548. The van der Waals surface area contributed by atoms with Crippen molar-refractivity contribution in [3.8, 4) is 5.75 Å². The Morgan fingerprint density at radius 2 is 1.92 bits per heavy atom. The standard InChI is InChI=1S/C20H20BrNO4/c1-14(16-7-9-17(21)10-8-16)22-19(23)13-26-20(24)11-6-15-4-3-5-18(12-15)25-2/h3-12,14H,13H2,1-2H3,(H,22,23)/b11-6+. The Labute approximate surface area is 161 Å². The maximum atomic E-state index is 11.9. The van der Waals surface area contributed by atoms with E-state index in [9.17, 15) is 9.59 Å². The number of carbonyl (C=O) groups excluding carboxylic acids is 2. The van der Waals surface area contributed by atoms with E-state index in [0.29, 0.717) is 5.75 Å². The van der Waals surface area contributed by atoms with Crippen LogP contribution in [-0.2, 0) is 14.3 Å². The molecular weight excluding hydrogens is 398 g/mol. The lowest BCUT2D eigenvalue weighted by Gasteiger charge is -2.14. The van der Waals surface area contributed by atoms with Crippen LogP contribution in [0.1, 0.15) is 24.1 Å². The molecule has 5 nitrogen and oxygen atoms in total. The molecule has 136 valence electrons. The molecule has 1 N–H and O–H groups in total. The summed E-state index contributed by atoms with van der Waals surface area (Å²) in [5, 5.41) is 2.79. The van der Waals surface area contributed by atoms with E-state index in [0.717, 1.165) is 15.6 Å². The molecule has 1 atom stereocenters. The van der Waals surface area contributed by atoms with Crippen molar-refractivity contribution in [2.45, 2.75) is 13.0 Å². The number of hydrogen-bond acceptors (Lipinski definition) is 4. The molecule has 0 bridgehead atoms. The van der Waals surface area contributed by atoms with Crippen LogP contribution in [0.3, 0.4) is 0 Å². The predicted molar refractivity (Wildman–Crippen MR) is 104 cm³/mol. The van der Waals surface area contributed by atoms with Crippen LogP contribution in [0.15, 0.2) is 59.1 Å². The van der Waals surface area contributed by atoms with Crippen molar-refractivity contribution in [1.29, 1.82) is 0 Å². The van der Waals surface area contributed by atoms with Crippen LogP contribution in [0.25, 0.3) is 6.08 Å². The number of rotatable bonds is 7. The number of ether oxygens (including phenoxy) is 2. The summed E-state index contributed by atoms with van der Waals surface area (Å²) in [5.41, 5.74) is 1.76. The highest BCUT2D eigenvalue weighted by molar-refractivity contribution is 9.10. The van der Waals surface area contributed by atoms with Gasteiger partial charge in [0.05, 0.1) is 13.2 Å². The van der Waals surface area contributed by atoms with E-state index in [2.05, 4.69) is 21.2 Å². The largest absolute Gasteiger partial charge is 0.497 e. The Hall–Kier alpha value is -2.60. The van der Waals surface area contributed by atoms with Crippen LogP contribution in [0.4, 0.5) is 0 Å². The lowest BCUT2D eigenvalue weighted by Crippen LogP contribution is -2.30. The number of hydrogen-bond donors (Lipinski definition) is 1. The van der Waals surface area contributed by atoms with Gasteiger partial charge in [0.25, 0.3) is 5.91 Å². The molecule has 2 rings (SSSR count). The average Bonchev–Trinajstić information content (AvgIpc) is 2.65. The minimum Gasteiger partial charge on any atom is -0.497 e. The third-order valence-corrected chi connectivity index (χ3v) is 4.13. The first-order chi connectivity index (χ1) is 12.5. The highest BCUT2D eigenvalue weighted by Gasteiger charge is 2.11. The first-order valence-corrected chi connectivity index (χ1v) is 8.81. The van der Waals surface area contributed by atoms with Crippen molar-refractivity contribution in [1.82, 2.24) is 5.32 Å². The second kappa shape index (κ2) is 9.77. The molecule has 0 aliphatic rings. The molecule has 0 saturated carbocycles. The minimum absolute atomic E-state index is 0.179. The minimum atomic E-state index is -0.584. The smallest absolute Gasteiger partial charge is 0.331 e. The number of nitrogens with one attached hydrogen (secondary N) is 1. The molecule has 0 spiro atoms. The molecule has 1 unspecified atom stereocenters. The fourth-order valence-electron chi connectivity index (χ4n) is 2.21. The number of amides is 1. The van der Waals surface area contributed by atoms with Crippen LogP contribution in [0, 0.1) is 0 Å². The third kappa shape index (κ3) is 6.37. The van der Waals surface area contributed by atoms with Gasteiger partial charge in [-0.3, -0.25) is 4.79 Å². The molecule has 2 aromatic carbocycles. The Morgan fingerprint density at radius 1 is 1.19 bits per heavy atom. The second-order valence-corrected chi connectivity index (χ2v) is 6.47. The van der Waals surface area contributed by atoms with Crippen molar-refractivity contribution in [2.75, 3.05) is 13.7 Å². The summed E-state index contributed by atoms with van der Waals surface area (Å²) in [7, 11) is 1.57. The van der Waals surface area contributed by atoms with Gasteiger partial charge in [0.2, 0.25) is 0 Å². The van der Waals surface area contributed by atoms with Gasteiger partial charge in [-0.2, -0.15) is 0 Å². The summed E-state index contributed by atoms with van der Waals surface area (Å²) in [6.45, 7) is 1.54. The van der Waals surface area contributed by atoms with Gasteiger partial charge in [0, 0.05) is 10.5 Å². The van der Waals surface area contributed by atoms with Gasteiger partial charge in [0.1, 0.15) is 5.75 Å². The van der Waals surface area contributed by atoms with Crippen LogP contribution in [0.2, 0.25) is 0 Å². The van der Waals surface area contributed by atoms with E-state index in [1.54, 1.807) is 19.3 Å². The van der Waals surface area contributed by atoms with E-state index in [1.165, 1.54) is 6.08 Å². The monoisotopic (exact) mass is 417 g/mol. The number of methoxy groups -OCH3 is 1. The van der Waals surface area contributed by atoms with Gasteiger partial charge in [0.15, 0.2) is 6.61 Å². The van der Waals surface area contributed by atoms with Crippen molar-refractivity contribution in [3.05, 3.63) is 70.2 Å². The Morgan fingerprint density at radius 3 is 2.62 bits per heavy atom. The van der Waals surface area contributed by atoms with Gasteiger partial charge in [-0.25, -0.2) is 4.79 Å². The summed E-state index contributed by atoms with van der Waals surface area (Å²) in [6.07, 6.45) is 2.88. The van der Waals surface area contributed by atoms with Crippen molar-refractivity contribution in [3.63, 3.8) is 0 Å². The topological polar surface area (TPSA) is 64.6 Å².